The molecule has 4 nitrogen and oxygen atoms in total. The average molecular weight is 513 g/mol. The van der Waals surface area contributed by atoms with Gasteiger partial charge in [0.15, 0.2) is 0 Å². The van der Waals surface area contributed by atoms with E-state index in [0.717, 1.165) is 35.7 Å². The van der Waals surface area contributed by atoms with Gasteiger partial charge >= 0.3 is 0 Å². The highest BCUT2D eigenvalue weighted by molar-refractivity contribution is 5.84. The van der Waals surface area contributed by atoms with Crippen LogP contribution in [-0.4, -0.2) is 22.5 Å². The lowest BCUT2D eigenvalue weighted by molar-refractivity contribution is -0.121. The molecule has 1 aromatic carbocycles. The summed E-state index contributed by atoms with van der Waals surface area (Å²) in [5.41, 5.74) is 2.15. The number of phenols is 1. The number of rotatable bonds is 24. The lowest BCUT2D eigenvalue weighted by Gasteiger charge is -2.06. The third kappa shape index (κ3) is 15.1. The molecule has 0 aliphatic carbocycles. The van der Waals surface area contributed by atoms with E-state index in [1.54, 1.807) is 12.1 Å². The van der Waals surface area contributed by atoms with E-state index < -0.39 is 0 Å². The fraction of sp³-hybridized carbons (Fsp3) is 0.727. The number of amides is 1. The van der Waals surface area contributed by atoms with E-state index in [2.05, 4.69) is 17.2 Å². The molecule has 0 bridgehead atoms. The summed E-state index contributed by atoms with van der Waals surface area (Å²) in [6.45, 7) is 2.93. The number of benzene rings is 1. The highest BCUT2D eigenvalue weighted by Gasteiger charge is 2.06. The Balaban J connectivity index is 1.29. The molecule has 1 aromatic heterocycles. The van der Waals surface area contributed by atoms with Gasteiger partial charge in [-0.2, -0.15) is 0 Å². The second-order valence-corrected chi connectivity index (χ2v) is 11.1. The molecular formula is C33H56N2O2. The number of aromatic nitrogens is 1. The van der Waals surface area contributed by atoms with Crippen LogP contribution in [0, 0.1) is 0 Å². The van der Waals surface area contributed by atoms with Crippen LogP contribution in [0.1, 0.15) is 147 Å². The van der Waals surface area contributed by atoms with Crippen molar-refractivity contribution < 1.29 is 9.90 Å². The Hall–Kier alpha value is -1.97. The van der Waals surface area contributed by atoms with Gasteiger partial charge in [0.2, 0.25) is 5.91 Å². The minimum Gasteiger partial charge on any atom is -0.508 e. The molecule has 0 aliphatic heterocycles. The first-order valence-electron chi connectivity index (χ1n) is 15.8. The Morgan fingerprint density at radius 3 is 1.73 bits per heavy atom. The summed E-state index contributed by atoms with van der Waals surface area (Å²) in [6.07, 6.45) is 30.9. The third-order valence-electron chi connectivity index (χ3n) is 7.72. The zero-order chi connectivity index (χ0) is 26.4. The summed E-state index contributed by atoms with van der Waals surface area (Å²) >= 11 is 0. The minimum atomic E-state index is 0.157. The average Bonchev–Trinajstić information content (AvgIpc) is 3.29. The topological polar surface area (TPSA) is 65.1 Å². The SMILES string of the molecule is CCCCCCCCCCCCCCCCCCCCCCC(=O)NCCc1c[nH]c2ccc(O)cc12. The predicted octanol–water partition coefficient (Wildman–Crippen LogP) is 9.74. The number of phenolic OH excluding ortho intramolecular Hbond substituents is 1. The van der Waals surface area contributed by atoms with Crippen LogP contribution in [0.5, 0.6) is 5.75 Å². The number of hydrogen-bond acceptors (Lipinski definition) is 2. The maximum Gasteiger partial charge on any atom is 0.220 e. The van der Waals surface area contributed by atoms with Crippen LogP contribution in [0.2, 0.25) is 0 Å². The lowest BCUT2D eigenvalue weighted by Crippen LogP contribution is -2.25. The monoisotopic (exact) mass is 512 g/mol. The number of hydrogen-bond donors (Lipinski definition) is 3. The van der Waals surface area contributed by atoms with E-state index in [0.29, 0.717) is 13.0 Å². The Kier molecular flexibility index (Phi) is 17.7. The van der Waals surface area contributed by atoms with Gasteiger partial charge in [-0.3, -0.25) is 4.79 Å². The highest BCUT2D eigenvalue weighted by Crippen LogP contribution is 2.23. The predicted molar refractivity (Wildman–Crippen MR) is 159 cm³/mol. The van der Waals surface area contributed by atoms with Gasteiger partial charge in [-0.15, -0.1) is 0 Å². The van der Waals surface area contributed by atoms with Gasteiger partial charge in [-0.1, -0.05) is 129 Å². The molecule has 3 N–H and O–H groups in total. The zero-order valence-electron chi connectivity index (χ0n) is 23.9. The first kappa shape index (κ1) is 31.2. The second kappa shape index (κ2) is 21.0. The second-order valence-electron chi connectivity index (χ2n) is 11.1. The van der Waals surface area contributed by atoms with Crippen LogP contribution in [0.3, 0.4) is 0 Å². The van der Waals surface area contributed by atoms with Gasteiger partial charge in [0.1, 0.15) is 5.75 Å². The van der Waals surface area contributed by atoms with Crippen molar-refractivity contribution in [1.82, 2.24) is 10.3 Å². The molecule has 0 saturated carbocycles. The molecule has 0 spiro atoms. The smallest absolute Gasteiger partial charge is 0.220 e. The summed E-state index contributed by atoms with van der Waals surface area (Å²) in [6, 6.07) is 5.35. The molecule has 2 aromatic rings. The van der Waals surface area contributed by atoms with Crippen molar-refractivity contribution in [1.29, 1.82) is 0 Å². The maximum atomic E-state index is 12.1. The summed E-state index contributed by atoms with van der Waals surface area (Å²) in [5, 5.41) is 13.8. The fourth-order valence-corrected chi connectivity index (χ4v) is 5.34. The van der Waals surface area contributed by atoms with Gasteiger partial charge in [0, 0.05) is 30.1 Å². The Bertz CT molecular complexity index is 829. The molecule has 0 radical (unpaired) electrons. The van der Waals surface area contributed by atoms with Crippen molar-refractivity contribution in [2.24, 2.45) is 0 Å². The number of carbonyl (C=O) groups is 1. The van der Waals surface area contributed by atoms with Crippen molar-refractivity contribution in [3.05, 3.63) is 30.0 Å². The van der Waals surface area contributed by atoms with Crippen LogP contribution < -0.4 is 5.32 Å². The van der Waals surface area contributed by atoms with E-state index in [9.17, 15) is 9.90 Å². The molecule has 0 aliphatic rings. The molecule has 1 amide bonds. The van der Waals surface area contributed by atoms with Gasteiger partial charge in [-0.05, 0) is 36.6 Å². The van der Waals surface area contributed by atoms with Gasteiger partial charge in [0.05, 0.1) is 0 Å². The molecular weight excluding hydrogens is 456 g/mol. The first-order chi connectivity index (χ1) is 18.2. The van der Waals surface area contributed by atoms with Crippen molar-refractivity contribution >= 4 is 16.8 Å². The highest BCUT2D eigenvalue weighted by atomic mass is 16.3. The van der Waals surface area contributed by atoms with E-state index >= 15 is 0 Å². The minimum absolute atomic E-state index is 0.157. The van der Waals surface area contributed by atoms with E-state index in [1.807, 2.05) is 12.3 Å². The summed E-state index contributed by atoms with van der Waals surface area (Å²) in [4.78, 5) is 15.3. The molecule has 1 heterocycles. The number of carbonyl (C=O) groups excluding carboxylic acids is 1. The zero-order valence-corrected chi connectivity index (χ0v) is 23.9. The first-order valence-corrected chi connectivity index (χ1v) is 15.8. The van der Waals surface area contributed by atoms with Crippen LogP contribution in [0.25, 0.3) is 10.9 Å². The van der Waals surface area contributed by atoms with Crippen molar-refractivity contribution in [3.63, 3.8) is 0 Å². The molecule has 0 saturated heterocycles. The molecule has 0 atom stereocenters. The number of fused-ring (bicyclic) bond motifs is 1. The van der Waals surface area contributed by atoms with Gasteiger partial charge in [-0.25, -0.2) is 0 Å². The molecule has 210 valence electrons. The van der Waals surface area contributed by atoms with E-state index in [-0.39, 0.29) is 11.7 Å². The van der Waals surface area contributed by atoms with Gasteiger partial charge < -0.3 is 15.4 Å². The number of aromatic amines is 1. The van der Waals surface area contributed by atoms with Crippen molar-refractivity contribution in [2.45, 2.75) is 148 Å². The molecule has 0 unspecified atom stereocenters. The number of aromatic hydroxyl groups is 1. The number of nitrogens with one attached hydrogen (secondary N) is 2. The van der Waals surface area contributed by atoms with E-state index in [4.69, 9.17) is 0 Å². The Morgan fingerprint density at radius 2 is 1.22 bits per heavy atom. The van der Waals surface area contributed by atoms with Crippen molar-refractivity contribution in [3.8, 4) is 5.75 Å². The summed E-state index contributed by atoms with van der Waals surface area (Å²) in [5.74, 6) is 0.432. The standard InChI is InChI=1S/C33H56N2O2/c1-2-3-4-5-6-7-8-9-10-11-12-13-14-15-16-17-18-19-20-21-22-33(37)34-26-25-29-28-35-32-24-23-30(36)27-31(29)32/h23-24,27-28,35-36H,2-22,25-26H2,1H3,(H,34,37). The van der Waals surface area contributed by atoms with Crippen LogP contribution >= 0.6 is 0 Å². The number of unbranched alkanes of at least 4 members (excludes halogenated alkanes) is 19. The van der Waals surface area contributed by atoms with E-state index in [1.165, 1.54) is 116 Å². The quantitative estimate of drug-likeness (QED) is 0.123. The van der Waals surface area contributed by atoms with Crippen LogP contribution in [-0.2, 0) is 11.2 Å². The lowest BCUT2D eigenvalue weighted by atomic mass is 10.0. The maximum absolute atomic E-state index is 12.1. The fourth-order valence-electron chi connectivity index (χ4n) is 5.34. The normalized spacial score (nSPS) is 11.4. The van der Waals surface area contributed by atoms with Crippen LogP contribution in [0.4, 0.5) is 0 Å². The Labute approximate surface area is 227 Å². The molecule has 37 heavy (non-hydrogen) atoms. The molecule has 0 fully saturated rings. The van der Waals surface area contributed by atoms with Gasteiger partial charge in [0.25, 0.3) is 0 Å². The summed E-state index contributed by atoms with van der Waals surface area (Å²) in [7, 11) is 0. The summed E-state index contributed by atoms with van der Waals surface area (Å²) < 4.78 is 0. The third-order valence-corrected chi connectivity index (χ3v) is 7.72. The number of H-pyrrole nitrogens is 1. The largest absolute Gasteiger partial charge is 0.508 e. The van der Waals surface area contributed by atoms with Crippen molar-refractivity contribution in [2.75, 3.05) is 6.54 Å². The van der Waals surface area contributed by atoms with Crippen LogP contribution in [0.15, 0.2) is 24.4 Å². The molecule has 2 rings (SSSR count). The molecule has 4 heteroatoms. The Morgan fingerprint density at radius 1 is 0.730 bits per heavy atom.